The highest BCUT2D eigenvalue weighted by atomic mass is 19.1. The van der Waals surface area contributed by atoms with E-state index in [4.69, 9.17) is 4.74 Å². The number of halogens is 1. The molecule has 1 atom stereocenters. The summed E-state index contributed by atoms with van der Waals surface area (Å²) in [4.78, 5) is 26.2. The van der Waals surface area contributed by atoms with Gasteiger partial charge in [-0.3, -0.25) is 9.59 Å². The highest BCUT2D eigenvalue weighted by molar-refractivity contribution is 5.98. The molecule has 0 aromatic heterocycles. The zero-order valence-electron chi connectivity index (χ0n) is 13.9. The lowest BCUT2D eigenvalue weighted by Crippen LogP contribution is -2.42. The van der Waals surface area contributed by atoms with E-state index < -0.39 is 5.82 Å². The fourth-order valence-electron chi connectivity index (χ4n) is 2.95. The largest absolute Gasteiger partial charge is 0.370 e. The predicted octanol–water partition coefficient (Wildman–Crippen LogP) is 3.39. The highest BCUT2D eigenvalue weighted by Gasteiger charge is 2.25. The van der Waals surface area contributed by atoms with Crippen LogP contribution in [0.25, 0.3) is 0 Å². The number of carbonyl (C=O) groups excluding carboxylic acids is 2. The van der Waals surface area contributed by atoms with Crippen LogP contribution in [-0.4, -0.2) is 36.3 Å². The zero-order valence-corrected chi connectivity index (χ0v) is 13.9. The van der Waals surface area contributed by atoms with Gasteiger partial charge in [0.15, 0.2) is 5.78 Å². The van der Waals surface area contributed by atoms with Gasteiger partial charge in [-0.2, -0.15) is 0 Å². The molecule has 3 rings (SSSR count). The first kappa shape index (κ1) is 17.3. The quantitative estimate of drug-likeness (QED) is 0.783. The van der Waals surface area contributed by atoms with Gasteiger partial charge in [0.05, 0.1) is 18.7 Å². The second-order valence-corrected chi connectivity index (χ2v) is 6.01. The lowest BCUT2D eigenvalue weighted by molar-refractivity contribution is -0.139. The molecule has 0 N–H and O–H groups in total. The maximum atomic E-state index is 13.6. The summed E-state index contributed by atoms with van der Waals surface area (Å²) in [6.45, 7) is 1.44. The molecule has 0 saturated carbocycles. The van der Waals surface area contributed by atoms with E-state index in [9.17, 15) is 14.0 Å². The van der Waals surface area contributed by atoms with Gasteiger partial charge in [-0.15, -0.1) is 0 Å². The lowest BCUT2D eigenvalue weighted by atomic mass is 10.0. The Balaban J connectivity index is 1.56. The minimum atomic E-state index is -0.546. The highest BCUT2D eigenvalue weighted by Crippen LogP contribution is 2.22. The number of ketones is 1. The van der Waals surface area contributed by atoms with Gasteiger partial charge in [0.25, 0.3) is 0 Å². The smallest absolute Gasteiger partial charge is 0.223 e. The van der Waals surface area contributed by atoms with Gasteiger partial charge in [0, 0.05) is 19.4 Å². The summed E-state index contributed by atoms with van der Waals surface area (Å²) in [5.41, 5.74) is 1.07. The van der Waals surface area contributed by atoms with Gasteiger partial charge in [-0.05, 0) is 17.7 Å². The molecule has 2 aromatic rings. The van der Waals surface area contributed by atoms with Crippen LogP contribution in [0.1, 0.15) is 34.9 Å². The van der Waals surface area contributed by atoms with Crippen LogP contribution < -0.4 is 0 Å². The monoisotopic (exact) mass is 341 g/mol. The van der Waals surface area contributed by atoms with Crippen molar-refractivity contribution < 1.29 is 18.7 Å². The SMILES string of the molecule is O=C(CCC(=O)N1CCOC(c2ccccc2)C1)c1ccccc1F. The summed E-state index contributed by atoms with van der Waals surface area (Å²) in [6, 6.07) is 15.6. The van der Waals surface area contributed by atoms with Crippen molar-refractivity contribution in [2.24, 2.45) is 0 Å². The van der Waals surface area contributed by atoms with Crippen LogP contribution in [0.15, 0.2) is 54.6 Å². The fraction of sp³-hybridized carbons (Fsp3) is 0.300. The van der Waals surface area contributed by atoms with Gasteiger partial charge >= 0.3 is 0 Å². The molecular weight excluding hydrogens is 321 g/mol. The third-order valence-electron chi connectivity index (χ3n) is 4.33. The molecule has 1 saturated heterocycles. The molecule has 0 spiro atoms. The third-order valence-corrected chi connectivity index (χ3v) is 4.33. The van der Waals surface area contributed by atoms with Crippen LogP contribution in [0, 0.1) is 5.82 Å². The lowest BCUT2D eigenvalue weighted by Gasteiger charge is -2.33. The Morgan fingerprint density at radius 3 is 2.52 bits per heavy atom. The van der Waals surface area contributed by atoms with Gasteiger partial charge in [-0.1, -0.05) is 42.5 Å². The first-order valence-corrected chi connectivity index (χ1v) is 8.37. The van der Waals surface area contributed by atoms with E-state index in [1.54, 1.807) is 11.0 Å². The first-order chi connectivity index (χ1) is 12.1. The molecule has 1 heterocycles. The summed E-state index contributed by atoms with van der Waals surface area (Å²) >= 11 is 0. The van der Waals surface area contributed by atoms with Crippen LogP contribution in [0.4, 0.5) is 4.39 Å². The molecule has 4 nitrogen and oxygen atoms in total. The number of morpholine rings is 1. The van der Waals surface area contributed by atoms with Gasteiger partial charge in [0.1, 0.15) is 11.9 Å². The van der Waals surface area contributed by atoms with Crippen molar-refractivity contribution >= 4 is 11.7 Å². The average Bonchev–Trinajstić information content (AvgIpc) is 2.67. The maximum Gasteiger partial charge on any atom is 0.223 e. The molecule has 2 aromatic carbocycles. The second-order valence-electron chi connectivity index (χ2n) is 6.01. The number of amides is 1. The van der Waals surface area contributed by atoms with E-state index in [1.807, 2.05) is 30.3 Å². The molecule has 5 heteroatoms. The van der Waals surface area contributed by atoms with Crippen LogP contribution >= 0.6 is 0 Å². The van der Waals surface area contributed by atoms with Crippen LogP contribution in [0.2, 0.25) is 0 Å². The standard InChI is InChI=1S/C20H20FNO3/c21-17-9-5-4-8-16(17)18(23)10-11-20(24)22-12-13-25-19(14-22)15-6-2-1-3-7-15/h1-9,19H,10-14H2. The number of ether oxygens (including phenoxy) is 1. The molecule has 1 aliphatic heterocycles. The van der Waals surface area contributed by atoms with Crippen LogP contribution in [0.3, 0.4) is 0 Å². The van der Waals surface area contributed by atoms with E-state index in [0.717, 1.165) is 5.56 Å². The summed E-state index contributed by atoms with van der Waals surface area (Å²) in [5, 5.41) is 0. The Bertz CT molecular complexity index is 748. The topological polar surface area (TPSA) is 46.6 Å². The van der Waals surface area contributed by atoms with E-state index in [0.29, 0.717) is 19.7 Å². The van der Waals surface area contributed by atoms with Crippen molar-refractivity contribution in [3.05, 3.63) is 71.5 Å². The van der Waals surface area contributed by atoms with Crippen molar-refractivity contribution in [1.29, 1.82) is 0 Å². The first-order valence-electron chi connectivity index (χ1n) is 8.37. The van der Waals surface area contributed by atoms with Crippen LogP contribution in [0.5, 0.6) is 0 Å². The fourth-order valence-corrected chi connectivity index (χ4v) is 2.95. The summed E-state index contributed by atoms with van der Waals surface area (Å²) in [5.74, 6) is -0.997. The Kier molecular flexibility index (Phi) is 5.56. The van der Waals surface area contributed by atoms with Gasteiger partial charge < -0.3 is 9.64 Å². The third kappa shape index (κ3) is 4.31. The molecule has 0 aliphatic carbocycles. The normalized spacial score (nSPS) is 17.3. The molecule has 130 valence electrons. The molecule has 25 heavy (non-hydrogen) atoms. The number of hydrogen-bond donors (Lipinski definition) is 0. The molecule has 1 aliphatic rings. The van der Waals surface area contributed by atoms with Gasteiger partial charge in [-0.25, -0.2) is 4.39 Å². The number of Topliss-reactive ketones (excluding diaryl/α,β-unsaturated/α-hetero) is 1. The van der Waals surface area contributed by atoms with Crippen molar-refractivity contribution in [2.75, 3.05) is 19.7 Å². The molecule has 1 amide bonds. The minimum Gasteiger partial charge on any atom is -0.370 e. The molecule has 1 unspecified atom stereocenters. The molecule has 0 bridgehead atoms. The van der Waals surface area contributed by atoms with E-state index >= 15 is 0 Å². The number of hydrogen-bond acceptors (Lipinski definition) is 3. The Morgan fingerprint density at radius 1 is 1.04 bits per heavy atom. The molecule has 1 fully saturated rings. The van der Waals surface area contributed by atoms with E-state index in [1.165, 1.54) is 18.2 Å². The van der Waals surface area contributed by atoms with E-state index in [-0.39, 0.29) is 36.2 Å². The number of rotatable bonds is 5. The van der Waals surface area contributed by atoms with Crippen molar-refractivity contribution in [3.8, 4) is 0 Å². The number of nitrogens with zero attached hydrogens (tertiary/aromatic N) is 1. The predicted molar refractivity (Wildman–Crippen MR) is 91.7 cm³/mol. The van der Waals surface area contributed by atoms with E-state index in [2.05, 4.69) is 0 Å². The minimum absolute atomic E-state index is 0.00707. The average molecular weight is 341 g/mol. The zero-order chi connectivity index (χ0) is 17.6. The summed E-state index contributed by atoms with van der Waals surface area (Å²) in [7, 11) is 0. The van der Waals surface area contributed by atoms with Crippen LogP contribution in [-0.2, 0) is 9.53 Å². The van der Waals surface area contributed by atoms with Crippen molar-refractivity contribution in [2.45, 2.75) is 18.9 Å². The van der Waals surface area contributed by atoms with Crippen molar-refractivity contribution in [1.82, 2.24) is 4.90 Å². The number of carbonyl (C=O) groups is 2. The Hall–Kier alpha value is -2.53. The Morgan fingerprint density at radius 2 is 1.76 bits per heavy atom. The maximum absolute atomic E-state index is 13.6. The second kappa shape index (κ2) is 8.03. The molecular formula is C20H20FNO3. The number of benzene rings is 2. The van der Waals surface area contributed by atoms with Gasteiger partial charge in [0.2, 0.25) is 5.91 Å². The summed E-state index contributed by atoms with van der Waals surface area (Å²) < 4.78 is 19.4. The molecule has 0 radical (unpaired) electrons. The summed E-state index contributed by atoms with van der Waals surface area (Å²) in [6.07, 6.45) is -0.0666. The Labute approximate surface area is 146 Å². The van der Waals surface area contributed by atoms with Crippen molar-refractivity contribution in [3.63, 3.8) is 0 Å².